The van der Waals surface area contributed by atoms with Crippen molar-refractivity contribution < 1.29 is 9.53 Å². The van der Waals surface area contributed by atoms with E-state index in [1.165, 1.54) is 7.11 Å². The summed E-state index contributed by atoms with van der Waals surface area (Å²) < 4.78 is 4.58. The first-order valence-corrected chi connectivity index (χ1v) is 3.91. The molecule has 0 saturated heterocycles. The van der Waals surface area contributed by atoms with E-state index in [9.17, 15) is 4.79 Å². The molecule has 11 heavy (non-hydrogen) atoms. The van der Waals surface area contributed by atoms with E-state index in [1.807, 2.05) is 0 Å². The molecule has 1 atom stereocenters. The van der Waals surface area contributed by atoms with Crippen LogP contribution in [-0.4, -0.2) is 24.8 Å². The van der Waals surface area contributed by atoms with Gasteiger partial charge in [0.05, 0.1) is 7.11 Å². The minimum atomic E-state index is -0.213. The first-order valence-electron chi connectivity index (χ1n) is 3.91. The molecule has 0 aromatic carbocycles. The number of nitrogens with zero attached hydrogens (tertiary/aromatic N) is 1. The van der Waals surface area contributed by atoms with Crippen molar-refractivity contribution in [1.29, 1.82) is 0 Å². The molecule has 0 fully saturated rings. The van der Waals surface area contributed by atoms with Gasteiger partial charge in [0.2, 0.25) is 0 Å². The highest BCUT2D eigenvalue weighted by Gasteiger charge is 2.23. The summed E-state index contributed by atoms with van der Waals surface area (Å²) in [7, 11) is 1.40. The van der Waals surface area contributed by atoms with Gasteiger partial charge in [-0.15, -0.1) is 0 Å². The molecule has 1 rings (SSSR count). The van der Waals surface area contributed by atoms with Gasteiger partial charge in [-0.2, -0.15) is 0 Å². The monoisotopic (exact) mass is 155 g/mol. The van der Waals surface area contributed by atoms with E-state index in [2.05, 4.69) is 16.7 Å². The first kappa shape index (κ1) is 8.24. The van der Waals surface area contributed by atoms with Crippen LogP contribution in [0.2, 0.25) is 0 Å². The molecule has 0 amide bonds. The fraction of sp³-hybridized carbons (Fsp3) is 0.750. The molecular formula is C8H13NO2. The molecule has 0 bridgehead atoms. The predicted octanol–water partition coefficient (Wildman–Crippen LogP) is 1.17. The molecule has 0 radical (unpaired) electrons. The van der Waals surface area contributed by atoms with Crippen molar-refractivity contribution in [2.24, 2.45) is 4.99 Å². The lowest BCUT2D eigenvalue weighted by Crippen LogP contribution is -2.16. The number of aliphatic imine (C=N–C) groups is 1. The van der Waals surface area contributed by atoms with E-state index >= 15 is 0 Å². The lowest BCUT2D eigenvalue weighted by Gasteiger charge is -2.01. The Hall–Kier alpha value is -0.860. The van der Waals surface area contributed by atoms with Crippen LogP contribution in [0.3, 0.4) is 0 Å². The van der Waals surface area contributed by atoms with Gasteiger partial charge in [0, 0.05) is 5.71 Å². The van der Waals surface area contributed by atoms with Crippen LogP contribution in [0.15, 0.2) is 4.99 Å². The maximum absolute atomic E-state index is 10.9. The molecular weight excluding hydrogens is 142 g/mol. The zero-order valence-corrected chi connectivity index (χ0v) is 6.96. The standard InChI is InChI=1S/C8H13NO2/c1-3-6-4-5-7(9-6)8(10)11-2/h7H,3-5H2,1-2H3. The summed E-state index contributed by atoms with van der Waals surface area (Å²) in [5, 5.41) is 0. The van der Waals surface area contributed by atoms with Crippen molar-refractivity contribution in [1.82, 2.24) is 0 Å². The average molecular weight is 155 g/mol. The highest BCUT2D eigenvalue weighted by Crippen LogP contribution is 2.15. The maximum atomic E-state index is 10.9. The number of ether oxygens (including phenoxy) is 1. The van der Waals surface area contributed by atoms with Crippen LogP contribution < -0.4 is 0 Å². The fourth-order valence-corrected chi connectivity index (χ4v) is 1.23. The van der Waals surface area contributed by atoms with E-state index in [0.29, 0.717) is 0 Å². The Morgan fingerprint density at radius 3 is 3.00 bits per heavy atom. The molecule has 1 aliphatic rings. The summed E-state index contributed by atoms with van der Waals surface area (Å²) in [5.74, 6) is -0.201. The Labute approximate surface area is 66.5 Å². The molecule has 1 heterocycles. The number of carbonyl (C=O) groups is 1. The molecule has 3 heteroatoms. The van der Waals surface area contributed by atoms with Crippen LogP contribution in [0.4, 0.5) is 0 Å². The van der Waals surface area contributed by atoms with Crippen molar-refractivity contribution in [3.05, 3.63) is 0 Å². The smallest absolute Gasteiger partial charge is 0.330 e. The van der Waals surface area contributed by atoms with E-state index < -0.39 is 0 Å². The van der Waals surface area contributed by atoms with Gasteiger partial charge in [-0.25, -0.2) is 4.79 Å². The fourth-order valence-electron chi connectivity index (χ4n) is 1.23. The molecule has 1 aliphatic heterocycles. The van der Waals surface area contributed by atoms with Crippen molar-refractivity contribution in [2.75, 3.05) is 7.11 Å². The van der Waals surface area contributed by atoms with Gasteiger partial charge in [-0.05, 0) is 19.3 Å². The summed E-state index contributed by atoms with van der Waals surface area (Å²) in [6.45, 7) is 2.05. The number of methoxy groups -OCH3 is 1. The zero-order chi connectivity index (χ0) is 8.27. The predicted molar refractivity (Wildman–Crippen MR) is 42.8 cm³/mol. The average Bonchev–Trinajstić information content (AvgIpc) is 2.50. The summed E-state index contributed by atoms with van der Waals surface area (Å²) in [4.78, 5) is 15.2. The van der Waals surface area contributed by atoms with Gasteiger partial charge in [-0.3, -0.25) is 4.99 Å². The molecule has 0 aromatic rings. The molecule has 1 unspecified atom stereocenters. The highest BCUT2D eigenvalue weighted by atomic mass is 16.5. The third kappa shape index (κ3) is 1.79. The van der Waals surface area contributed by atoms with Crippen molar-refractivity contribution in [3.63, 3.8) is 0 Å². The van der Waals surface area contributed by atoms with Crippen molar-refractivity contribution in [3.8, 4) is 0 Å². The van der Waals surface area contributed by atoms with E-state index in [0.717, 1.165) is 25.0 Å². The molecule has 0 spiro atoms. The number of rotatable bonds is 2. The van der Waals surface area contributed by atoms with Gasteiger partial charge in [-0.1, -0.05) is 6.92 Å². The van der Waals surface area contributed by atoms with Gasteiger partial charge in [0.15, 0.2) is 0 Å². The van der Waals surface area contributed by atoms with Gasteiger partial charge in [0.1, 0.15) is 6.04 Å². The van der Waals surface area contributed by atoms with E-state index in [-0.39, 0.29) is 12.0 Å². The Bertz CT molecular complexity index is 187. The summed E-state index contributed by atoms with van der Waals surface area (Å²) in [5.41, 5.74) is 1.14. The van der Waals surface area contributed by atoms with Crippen molar-refractivity contribution >= 4 is 11.7 Å². The lowest BCUT2D eigenvalue weighted by atomic mass is 10.1. The van der Waals surface area contributed by atoms with Gasteiger partial charge in [0.25, 0.3) is 0 Å². The van der Waals surface area contributed by atoms with Crippen molar-refractivity contribution in [2.45, 2.75) is 32.2 Å². The molecule has 62 valence electrons. The molecule has 0 aromatic heterocycles. The van der Waals surface area contributed by atoms with Gasteiger partial charge < -0.3 is 4.74 Å². The van der Waals surface area contributed by atoms with Gasteiger partial charge >= 0.3 is 5.97 Å². The SMILES string of the molecule is CCC1=NC(C(=O)OC)CC1. The Kier molecular flexibility index (Phi) is 2.63. The minimum Gasteiger partial charge on any atom is -0.467 e. The second-order valence-corrected chi connectivity index (χ2v) is 2.63. The topological polar surface area (TPSA) is 38.7 Å². The minimum absolute atomic E-state index is 0.201. The Morgan fingerprint density at radius 2 is 2.55 bits per heavy atom. The van der Waals surface area contributed by atoms with Crippen LogP contribution >= 0.6 is 0 Å². The first-order chi connectivity index (χ1) is 5.27. The zero-order valence-electron chi connectivity index (χ0n) is 6.96. The summed E-state index contributed by atoms with van der Waals surface area (Å²) in [6, 6.07) is -0.213. The largest absolute Gasteiger partial charge is 0.467 e. The molecule has 0 N–H and O–H groups in total. The second-order valence-electron chi connectivity index (χ2n) is 2.63. The summed E-state index contributed by atoms with van der Waals surface area (Å²) >= 11 is 0. The van der Waals surface area contributed by atoms with Crippen LogP contribution in [0, 0.1) is 0 Å². The third-order valence-corrected chi connectivity index (χ3v) is 1.93. The van der Waals surface area contributed by atoms with E-state index in [1.54, 1.807) is 0 Å². The molecule has 3 nitrogen and oxygen atoms in total. The normalized spacial score (nSPS) is 23.1. The quantitative estimate of drug-likeness (QED) is 0.561. The lowest BCUT2D eigenvalue weighted by molar-refractivity contribution is -0.141. The Balaban J connectivity index is 2.52. The number of carbonyl (C=O) groups excluding carboxylic acids is 1. The van der Waals surface area contributed by atoms with Crippen LogP contribution in [0.25, 0.3) is 0 Å². The number of hydrogen-bond acceptors (Lipinski definition) is 3. The molecule has 0 aliphatic carbocycles. The third-order valence-electron chi connectivity index (χ3n) is 1.93. The maximum Gasteiger partial charge on any atom is 0.330 e. The van der Waals surface area contributed by atoms with Crippen LogP contribution in [0.5, 0.6) is 0 Å². The van der Waals surface area contributed by atoms with Crippen LogP contribution in [-0.2, 0) is 9.53 Å². The second kappa shape index (κ2) is 3.51. The highest BCUT2D eigenvalue weighted by molar-refractivity contribution is 5.90. The Morgan fingerprint density at radius 1 is 1.82 bits per heavy atom. The van der Waals surface area contributed by atoms with Crippen LogP contribution in [0.1, 0.15) is 26.2 Å². The van der Waals surface area contributed by atoms with E-state index in [4.69, 9.17) is 0 Å². The number of esters is 1. The molecule has 0 saturated carbocycles. The number of hydrogen-bond donors (Lipinski definition) is 0. The summed E-state index contributed by atoms with van der Waals surface area (Å²) in [6.07, 6.45) is 2.74.